The molecule has 1 aromatic heterocycles. The first kappa shape index (κ1) is 29.5. The molecule has 42 heavy (non-hydrogen) atoms. The van der Waals surface area contributed by atoms with E-state index in [0.29, 0.717) is 29.2 Å². The Morgan fingerprint density at radius 1 is 0.881 bits per heavy atom. The van der Waals surface area contributed by atoms with Crippen molar-refractivity contribution in [3.8, 4) is 11.5 Å². The van der Waals surface area contributed by atoms with Crippen molar-refractivity contribution in [2.45, 2.75) is 31.0 Å². The molecule has 0 radical (unpaired) electrons. The largest absolute Gasteiger partial charge is 0.497 e. The molecule has 1 fully saturated rings. The first-order valence-corrected chi connectivity index (χ1v) is 14.1. The molecule has 1 aliphatic rings. The summed E-state index contributed by atoms with van der Waals surface area (Å²) in [5, 5.41) is 2.97. The average Bonchev–Trinajstić information content (AvgIpc) is 2.95. The highest BCUT2D eigenvalue weighted by Crippen LogP contribution is 2.36. The van der Waals surface area contributed by atoms with Crippen LogP contribution in [-0.2, 0) is 19.6 Å². The van der Waals surface area contributed by atoms with Gasteiger partial charge in [-0.25, -0.2) is 18.2 Å². The predicted molar refractivity (Wildman–Crippen MR) is 156 cm³/mol. The van der Waals surface area contributed by atoms with Crippen LogP contribution in [0.4, 0.5) is 29.1 Å². The molecule has 11 heteroatoms. The van der Waals surface area contributed by atoms with Gasteiger partial charge in [-0.1, -0.05) is 18.2 Å². The number of anilines is 2. The third-order valence-corrected chi connectivity index (χ3v) is 8.10. The first-order valence-electron chi connectivity index (χ1n) is 13.3. The lowest BCUT2D eigenvalue weighted by Gasteiger charge is -2.31. The van der Waals surface area contributed by atoms with Gasteiger partial charge in [-0.3, -0.25) is 9.21 Å². The van der Waals surface area contributed by atoms with Crippen molar-refractivity contribution in [2.75, 3.05) is 36.9 Å². The summed E-state index contributed by atoms with van der Waals surface area (Å²) in [5.74, 6) is -1.56. The van der Waals surface area contributed by atoms with Gasteiger partial charge in [0.15, 0.2) is 0 Å². The Balaban J connectivity index is 1.38. The Labute approximate surface area is 246 Å². The van der Waals surface area contributed by atoms with Gasteiger partial charge in [0.05, 0.1) is 20.8 Å². The van der Waals surface area contributed by atoms with E-state index in [-0.39, 0.29) is 35.3 Å². The van der Waals surface area contributed by atoms with Crippen molar-refractivity contribution in [1.82, 2.24) is 9.88 Å². The number of hydrogen-bond donors (Lipinski definition) is 1. The van der Waals surface area contributed by atoms with Gasteiger partial charge >= 0.3 is 0 Å². The molecular formula is C31H30F4N4O2S. The van der Waals surface area contributed by atoms with E-state index in [9.17, 15) is 8.78 Å². The summed E-state index contributed by atoms with van der Waals surface area (Å²) < 4.78 is 71.8. The van der Waals surface area contributed by atoms with Crippen LogP contribution < -0.4 is 19.1 Å². The second-order valence-corrected chi connectivity index (χ2v) is 10.8. The minimum Gasteiger partial charge on any atom is -0.497 e. The number of hydrogen-bond acceptors (Lipinski definition) is 7. The molecular weight excluding hydrogens is 568 g/mol. The van der Waals surface area contributed by atoms with E-state index in [4.69, 9.17) is 9.47 Å². The van der Waals surface area contributed by atoms with Crippen molar-refractivity contribution < 1.29 is 27.0 Å². The fraction of sp³-hybridized carbons (Fsp3) is 0.258. The van der Waals surface area contributed by atoms with E-state index >= 15 is 8.78 Å². The maximum Gasteiger partial charge on any atom is 0.214 e. The highest BCUT2D eigenvalue weighted by molar-refractivity contribution is 8.00. The summed E-state index contributed by atoms with van der Waals surface area (Å²) in [6.45, 7) is 2.70. The third-order valence-electron chi connectivity index (χ3n) is 6.99. The molecule has 5 rings (SSSR count). The number of benzene rings is 3. The normalized spacial score (nSPS) is 13.0. The average molecular weight is 599 g/mol. The number of likely N-dealkylation sites (tertiary alicyclic amines) is 1. The van der Waals surface area contributed by atoms with E-state index in [1.54, 1.807) is 30.3 Å². The number of nitrogens with zero attached hydrogens (tertiary/aromatic N) is 3. The van der Waals surface area contributed by atoms with Gasteiger partial charge in [0.25, 0.3) is 0 Å². The van der Waals surface area contributed by atoms with Crippen LogP contribution in [-0.4, -0.2) is 37.2 Å². The smallest absolute Gasteiger partial charge is 0.214 e. The topological polar surface area (TPSA) is 49.9 Å². The second-order valence-electron chi connectivity index (χ2n) is 9.75. The van der Waals surface area contributed by atoms with E-state index in [1.165, 1.54) is 36.7 Å². The highest BCUT2D eigenvalue weighted by Gasteiger charge is 2.22. The van der Waals surface area contributed by atoms with Gasteiger partial charge in [-0.2, -0.15) is 4.39 Å². The summed E-state index contributed by atoms with van der Waals surface area (Å²) in [6, 6.07) is 16.6. The monoisotopic (exact) mass is 598 g/mol. The van der Waals surface area contributed by atoms with Crippen LogP contribution in [0.1, 0.15) is 23.1 Å². The van der Waals surface area contributed by atoms with Crippen LogP contribution >= 0.6 is 11.9 Å². The summed E-state index contributed by atoms with van der Waals surface area (Å²) in [6.07, 6.45) is 1.12. The van der Waals surface area contributed by atoms with Crippen LogP contribution in [0.15, 0.2) is 71.6 Å². The van der Waals surface area contributed by atoms with Crippen LogP contribution in [0.25, 0.3) is 0 Å². The Morgan fingerprint density at radius 2 is 1.64 bits per heavy atom. The fourth-order valence-electron chi connectivity index (χ4n) is 4.61. The lowest BCUT2D eigenvalue weighted by Crippen LogP contribution is -2.36. The number of pyridine rings is 1. The Bertz CT molecular complexity index is 1530. The molecule has 1 saturated heterocycles. The van der Waals surface area contributed by atoms with Crippen LogP contribution in [0.3, 0.4) is 0 Å². The zero-order chi connectivity index (χ0) is 29.6. The van der Waals surface area contributed by atoms with Gasteiger partial charge < -0.3 is 14.8 Å². The van der Waals surface area contributed by atoms with Crippen molar-refractivity contribution >= 4 is 23.5 Å². The maximum absolute atomic E-state index is 15.4. The highest BCUT2D eigenvalue weighted by atomic mass is 32.2. The predicted octanol–water partition coefficient (Wildman–Crippen LogP) is 7.19. The van der Waals surface area contributed by atoms with Gasteiger partial charge in [0.1, 0.15) is 39.7 Å². The molecule has 0 unspecified atom stereocenters. The lowest BCUT2D eigenvalue weighted by atomic mass is 10.0. The summed E-state index contributed by atoms with van der Waals surface area (Å²) in [5.41, 5.74) is 2.12. The molecule has 0 saturated carbocycles. The number of aromatic nitrogens is 1. The minimum atomic E-state index is -0.833. The summed E-state index contributed by atoms with van der Waals surface area (Å²) in [7, 11) is 3.02. The van der Waals surface area contributed by atoms with E-state index in [2.05, 4.69) is 15.2 Å². The van der Waals surface area contributed by atoms with Crippen LogP contribution in [0, 0.1) is 23.4 Å². The van der Waals surface area contributed by atoms with Crippen molar-refractivity contribution in [3.63, 3.8) is 0 Å². The number of nitrogens with one attached hydrogen (secondary N) is 1. The number of methoxy groups -OCH3 is 2. The first-order chi connectivity index (χ1) is 20.3. The van der Waals surface area contributed by atoms with Crippen molar-refractivity contribution in [2.24, 2.45) is 0 Å². The molecule has 4 aromatic rings. The van der Waals surface area contributed by atoms with Gasteiger partial charge in [0, 0.05) is 36.0 Å². The molecule has 3 aromatic carbocycles. The number of halogens is 4. The molecule has 6 nitrogen and oxygen atoms in total. The van der Waals surface area contributed by atoms with Gasteiger partial charge in [-0.05, 0) is 79.5 Å². The van der Waals surface area contributed by atoms with Gasteiger partial charge in [-0.15, -0.1) is 0 Å². The van der Waals surface area contributed by atoms with Crippen molar-refractivity contribution in [3.05, 3.63) is 107 Å². The summed E-state index contributed by atoms with van der Waals surface area (Å²) in [4.78, 5) is 5.83. The van der Waals surface area contributed by atoms with Crippen LogP contribution in [0.2, 0.25) is 0 Å². The summed E-state index contributed by atoms with van der Waals surface area (Å²) >= 11 is 0.746. The Hall–Kier alpha value is -3.96. The number of ether oxygens (including phenoxy) is 2. The van der Waals surface area contributed by atoms with Crippen LogP contribution in [0.5, 0.6) is 11.5 Å². The van der Waals surface area contributed by atoms with E-state index in [1.807, 2.05) is 6.07 Å². The van der Waals surface area contributed by atoms with Gasteiger partial charge in [0.2, 0.25) is 5.95 Å². The SMILES string of the molecule is COc1ccc(CN(Sc2c(F)cc(NCc3c(F)cccc3CN3CCC3)cc2F)c2cccc(F)n2)c(OC)c1. The van der Waals surface area contributed by atoms with E-state index < -0.39 is 17.6 Å². The minimum absolute atomic E-state index is 0.0673. The third kappa shape index (κ3) is 6.91. The molecule has 0 spiro atoms. The quantitative estimate of drug-likeness (QED) is 0.105. The Kier molecular flexibility index (Phi) is 9.38. The molecule has 1 aliphatic heterocycles. The van der Waals surface area contributed by atoms with Crippen molar-refractivity contribution in [1.29, 1.82) is 0 Å². The lowest BCUT2D eigenvalue weighted by molar-refractivity contribution is 0.172. The molecule has 220 valence electrons. The second kappa shape index (κ2) is 13.3. The standard InChI is InChI=1S/C31H30F4N4O2S/c1-40-23-11-10-21(28(16-23)41-2)19-39(30-9-4-8-29(35)37-30)42-31-26(33)14-22(15-27(31)34)36-17-24-20(6-3-7-25(24)32)18-38-12-5-13-38/h3-4,6-11,14-16,36H,5,12-13,17-19H2,1-2H3. The molecule has 0 aliphatic carbocycles. The molecule has 1 N–H and O–H groups in total. The zero-order valence-electron chi connectivity index (χ0n) is 23.2. The number of rotatable bonds is 12. The molecule has 0 atom stereocenters. The molecule has 0 amide bonds. The Morgan fingerprint density at radius 3 is 2.31 bits per heavy atom. The molecule has 0 bridgehead atoms. The fourth-order valence-corrected chi connectivity index (χ4v) is 5.53. The zero-order valence-corrected chi connectivity index (χ0v) is 24.0. The van der Waals surface area contributed by atoms with E-state index in [0.717, 1.165) is 49.2 Å². The molecule has 2 heterocycles. The maximum atomic E-state index is 15.4.